The van der Waals surface area contributed by atoms with E-state index in [2.05, 4.69) is 5.32 Å². The minimum atomic E-state index is -0.323. The van der Waals surface area contributed by atoms with E-state index in [-0.39, 0.29) is 10.6 Å². The molecule has 1 aromatic rings. The highest BCUT2D eigenvalue weighted by atomic mass is 32.2. The van der Waals surface area contributed by atoms with Gasteiger partial charge in [-0.15, -0.1) is 0 Å². The lowest BCUT2D eigenvalue weighted by atomic mass is 10.1. The van der Waals surface area contributed by atoms with Crippen LogP contribution in [0.4, 0.5) is 11.4 Å². The molecular formula is C12H16N2O2S. The molecule has 0 amide bonds. The van der Waals surface area contributed by atoms with E-state index in [1.54, 1.807) is 19.1 Å². The van der Waals surface area contributed by atoms with Gasteiger partial charge in [0.15, 0.2) is 0 Å². The molecule has 1 aliphatic rings. The number of nitrogens with one attached hydrogen (secondary N) is 1. The van der Waals surface area contributed by atoms with Gasteiger partial charge in [-0.05, 0) is 31.6 Å². The van der Waals surface area contributed by atoms with Gasteiger partial charge in [0.25, 0.3) is 5.69 Å². The maximum absolute atomic E-state index is 10.8. The lowest BCUT2D eigenvalue weighted by molar-refractivity contribution is -0.385. The summed E-state index contributed by atoms with van der Waals surface area (Å²) in [5.74, 6) is 2.31. The van der Waals surface area contributed by atoms with Crippen LogP contribution in [0.5, 0.6) is 0 Å². The number of thioether (sulfide) groups is 1. The predicted octanol–water partition coefficient (Wildman–Crippen LogP) is 3.21. The van der Waals surface area contributed by atoms with Crippen LogP contribution in [0.25, 0.3) is 0 Å². The van der Waals surface area contributed by atoms with Gasteiger partial charge in [0, 0.05) is 29.1 Å². The van der Waals surface area contributed by atoms with E-state index in [0.29, 0.717) is 6.04 Å². The summed E-state index contributed by atoms with van der Waals surface area (Å²) < 4.78 is 0. The zero-order valence-corrected chi connectivity index (χ0v) is 10.6. The molecule has 1 heterocycles. The largest absolute Gasteiger partial charge is 0.381 e. The van der Waals surface area contributed by atoms with Crippen molar-refractivity contribution >= 4 is 23.1 Å². The molecule has 0 bridgehead atoms. The molecule has 0 aromatic heterocycles. The molecule has 1 fully saturated rings. The lowest BCUT2D eigenvalue weighted by Gasteiger charge is -2.24. The second kappa shape index (κ2) is 5.40. The molecule has 17 heavy (non-hydrogen) atoms. The van der Waals surface area contributed by atoms with Gasteiger partial charge in [0.1, 0.15) is 0 Å². The van der Waals surface area contributed by atoms with E-state index in [1.165, 1.54) is 12.2 Å². The van der Waals surface area contributed by atoms with E-state index < -0.39 is 0 Å². The first-order valence-corrected chi connectivity index (χ1v) is 6.92. The third kappa shape index (κ3) is 2.91. The van der Waals surface area contributed by atoms with E-state index in [4.69, 9.17) is 0 Å². The van der Waals surface area contributed by atoms with E-state index in [1.807, 2.05) is 17.8 Å². The smallest absolute Gasteiger partial charge is 0.274 e. The van der Waals surface area contributed by atoms with Crippen molar-refractivity contribution in [2.24, 2.45) is 0 Å². The van der Waals surface area contributed by atoms with Crippen molar-refractivity contribution in [3.8, 4) is 0 Å². The van der Waals surface area contributed by atoms with Gasteiger partial charge in [0.2, 0.25) is 0 Å². The molecule has 0 spiro atoms. The summed E-state index contributed by atoms with van der Waals surface area (Å²) in [6.45, 7) is 1.80. The van der Waals surface area contributed by atoms with Gasteiger partial charge < -0.3 is 5.32 Å². The zero-order chi connectivity index (χ0) is 12.3. The van der Waals surface area contributed by atoms with Crippen molar-refractivity contribution in [3.63, 3.8) is 0 Å². The molecule has 0 radical (unpaired) electrons. The Labute approximate surface area is 105 Å². The Morgan fingerprint density at radius 1 is 1.53 bits per heavy atom. The second-order valence-electron chi connectivity index (χ2n) is 4.27. The highest BCUT2D eigenvalue weighted by Gasteiger charge is 2.17. The Bertz CT molecular complexity index is 417. The topological polar surface area (TPSA) is 55.2 Å². The first-order valence-electron chi connectivity index (χ1n) is 5.77. The summed E-state index contributed by atoms with van der Waals surface area (Å²) in [4.78, 5) is 10.5. The number of nitrogens with zero attached hydrogens (tertiary/aromatic N) is 1. The Morgan fingerprint density at radius 2 is 2.35 bits per heavy atom. The molecule has 4 nitrogen and oxygen atoms in total. The molecule has 1 saturated heterocycles. The number of hydrogen-bond donors (Lipinski definition) is 1. The lowest BCUT2D eigenvalue weighted by Crippen LogP contribution is -2.26. The molecule has 1 unspecified atom stereocenters. The molecule has 1 aliphatic heterocycles. The SMILES string of the molecule is Cc1c(NC2CCCSC2)cccc1[N+](=O)[O-]. The van der Waals surface area contributed by atoms with Crippen LogP contribution in [0.3, 0.4) is 0 Å². The number of hydrogen-bond acceptors (Lipinski definition) is 4. The summed E-state index contributed by atoms with van der Waals surface area (Å²) in [6.07, 6.45) is 2.37. The molecule has 1 aromatic carbocycles. The average Bonchev–Trinajstić information content (AvgIpc) is 2.33. The highest BCUT2D eigenvalue weighted by Crippen LogP contribution is 2.27. The molecule has 0 aliphatic carbocycles. The number of benzene rings is 1. The van der Waals surface area contributed by atoms with Crippen LogP contribution in [-0.4, -0.2) is 22.5 Å². The quantitative estimate of drug-likeness (QED) is 0.663. The Hall–Kier alpha value is -1.23. The maximum Gasteiger partial charge on any atom is 0.274 e. The van der Waals surface area contributed by atoms with E-state index in [0.717, 1.165) is 23.4 Å². The third-order valence-corrected chi connectivity index (χ3v) is 4.24. The number of anilines is 1. The minimum Gasteiger partial charge on any atom is -0.381 e. The number of nitro groups is 1. The Morgan fingerprint density at radius 3 is 3.00 bits per heavy atom. The third-order valence-electron chi connectivity index (χ3n) is 3.02. The molecule has 0 saturated carbocycles. The number of nitro benzene ring substituents is 1. The molecule has 92 valence electrons. The fourth-order valence-corrected chi connectivity index (χ4v) is 3.12. The molecular weight excluding hydrogens is 236 g/mol. The minimum absolute atomic E-state index is 0.193. The molecule has 1 N–H and O–H groups in total. The highest BCUT2D eigenvalue weighted by molar-refractivity contribution is 7.99. The fourth-order valence-electron chi connectivity index (χ4n) is 2.05. The van der Waals surface area contributed by atoms with Gasteiger partial charge in [-0.2, -0.15) is 11.8 Å². The van der Waals surface area contributed by atoms with Gasteiger partial charge in [-0.25, -0.2) is 0 Å². The van der Waals surface area contributed by atoms with Crippen molar-refractivity contribution in [1.29, 1.82) is 0 Å². The van der Waals surface area contributed by atoms with E-state index in [9.17, 15) is 10.1 Å². The van der Waals surface area contributed by atoms with Gasteiger partial charge >= 0.3 is 0 Å². The summed E-state index contributed by atoms with van der Waals surface area (Å²) in [5.41, 5.74) is 1.82. The van der Waals surface area contributed by atoms with Crippen LogP contribution in [0.2, 0.25) is 0 Å². The van der Waals surface area contributed by atoms with Crippen LogP contribution >= 0.6 is 11.8 Å². The Balaban J connectivity index is 2.15. The zero-order valence-electron chi connectivity index (χ0n) is 9.81. The van der Waals surface area contributed by atoms with Crippen molar-refractivity contribution in [2.45, 2.75) is 25.8 Å². The second-order valence-corrected chi connectivity index (χ2v) is 5.42. The van der Waals surface area contributed by atoms with Crippen molar-refractivity contribution in [3.05, 3.63) is 33.9 Å². The van der Waals surface area contributed by atoms with Gasteiger partial charge in [-0.3, -0.25) is 10.1 Å². The predicted molar refractivity (Wildman–Crippen MR) is 71.8 cm³/mol. The monoisotopic (exact) mass is 252 g/mol. The summed E-state index contributed by atoms with van der Waals surface area (Å²) in [5, 5.41) is 14.3. The fraction of sp³-hybridized carbons (Fsp3) is 0.500. The maximum atomic E-state index is 10.8. The molecule has 1 atom stereocenters. The first-order chi connectivity index (χ1) is 8.18. The van der Waals surface area contributed by atoms with Crippen LogP contribution in [-0.2, 0) is 0 Å². The van der Waals surface area contributed by atoms with Crippen LogP contribution in [0.15, 0.2) is 18.2 Å². The van der Waals surface area contributed by atoms with Crippen LogP contribution in [0.1, 0.15) is 18.4 Å². The Kier molecular flexibility index (Phi) is 3.89. The van der Waals surface area contributed by atoms with Crippen molar-refractivity contribution in [1.82, 2.24) is 0 Å². The summed E-state index contributed by atoms with van der Waals surface area (Å²) in [7, 11) is 0. The van der Waals surface area contributed by atoms with Crippen molar-refractivity contribution in [2.75, 3.05) is 16.8 Å². The number of rotatable bonds is 3. The summed E-state index contributed by atoms with van der Waals surface area (Å²) in [6, 6.07) is 5.65. The normalized spacial score (nSPS) is 19.9. The molecule has 5 heteroatoms. The average molecular weight is 252 g/mol. The van der Waals surface area contributed by atoms with Crippen LogP contribution in [0, 0.1) is 17.0 Å². The summed E-state index contributed by atoms with van der Waals surface area (Å²) >= 11 is 1.94. The van der Waals surface area contributed by atoms with Crippen LogP contribution < -0.4 is 5.32 Å². The first kappa shape index (κ1) is 12.2. The van der Waals surface area contributed by atoms with Gasteiger partial charge in [0.05, 0.1) is 4.92 Å². The van der Waals surface area contributed by atoms with Gasteiger partial charge in [-0.1, -0.05) is 6.07 Å². The molecule has 2 rings (SSSR count). The van der Waals surface area contributed by atoms with Crippen molar-refractivity contribution < 1.29 is 4.92 Å². The van der Waals surface area contributed by atoms with E-state index >= 15 is 0 Å². The standard InChI is InChI=1S/C12H16N2O2S/c1-9-11(5-2-6-12(9)14(15)16)13-10-4-3-7-17-8-10/h2,5-6,10,13H,3-4,7-8H2,1H3.